The van der Waals surface area contributed by atoms with Crippen LogP contribution >= 0.6 is 0 Å². The molecule has 16 heavy (non-hydrogen) atoms. The summed E-state index contributed by atoms with van der Waals surface area (Å²) in [5.41, 5.74) is 2.98. The van der Waals surface area contributed by atoms with Crippen molar-refractivity contribution < 1.29 is 0 Å². The quantitative estimate of drug-likeness (QED) is 0.630. The van der Waals surface area contributed by atoms with Gasteiger partial charge in [-0.2, -0.15) is 0 Å². The second kappa shape index (κ2) is 7.67. The molecule has 0 aliphatic carbocycles. The van der Waals surface area contributed by atoms with Gasteiger partial charge in [-0.25, -0.2) is 0 Å². The van der Waals surface area contributed by atoms with Crippen LogP contribution in [0.2, 0.25) is 0 Å². The van der Waals surface area contributed by atoms with Crippen LogP contribution < -0.4 is 0 Å². The summed E-state index contributed by atoms with van der Waals surface area (Å²) in [5, 5.41) is 0. The van der Waals surface area contributed by atoms with Crippen molar-refractivity contribution in [3.63, 3.8) is 0 Å². The molecule has 0 aromatic rings. The standard InChI is InChI=1S/C15H27N/c1-14(2)8-7-9-15(3)10-13-16-11-5-4-6-12-16/h8,10H,4-7,9,11-13H2,1-3H3/b15-10-. The monoisotopic (exact) mass is 221 g/mol. The molecule has 0 saturated carbocycles. The van der Waals surface area contributed by atoms with Crippen LogP contribution in [-0.2, 0) is 0 Å². The minimum absolute atomic E-state index is 1.17. The average molecular weight is 221 g/mol. The Labute approximate surface area is 101 Å². The summed E-state index contributed by atoms with van der Waals surface area (Å²) >= 11 is 0. The van der Waals surface area contributed by atoms with E-state index < -0.39 is 0 Å². The fraction of sp³-hybridized carbons (Fsp3) is 0.733. The lowest BCUT2D eigenvalue weighted by Crippen LogP contribution is -2.29. The minimum Gasteiger partial charge on any atom is -0.300 e. The van der Waals surface area contributed by atoms with E-state index in [9.17, 15) is 0 Å². The van der Waals surface area contributed by atoms with E-state index in [0.29, 0.717) is 0 Å². The Hall–Kier alpha value is -0.560. The largest absolute Gasteiger partial charge is 0.300 e. The lowest BCUT2D eigenvalue weighted by molar-refractivity contribution is 0.251. The Kier molecular flexibility index (Phi) is 6.47. The molecule has 1 saturated heterocycles. The van der Waals surface area contributed by atoms with Crippen LogP contribution in [0.5, 0.6) is 0 Å². The SMILES string of the molecule is CC(C)=CCC/C(C)=C\CN1CCCCC1. The number of hydrogen-bond donors (Lipinski definition) is 0. The summed E-state index contributed by atoms with van der Waals surface area (Å²) in [6.45, 7) is 10.4. The van der Waals surface area contributed by atoms with Crippen molar-refractivity contribution in [3.05, 3.63) is 23.3 Å². The zero-order valence-electron chi connectivity index (χ0n) is 11.3. The Morgan fingerprint density at radius 1 is 1.00 bits per heavy atom. The zero-order valence-corrected chi connectivity index (χ0v) is 11.3. The minimum atomic E-state index is 1.17. The van der Waals surface area contributed by atoms with E-state index >= 15 is 0 Å². The molecule has 0 radical (unpaired) electrons. The molecule has 1 nitrogen and oxygen atoms in total. The Morgan fingerprint density at radius 3 is 2.31 bits per heavy atom. The maximum absolute atomic E-state index is 2.58. The Balaban J connectivity index is 2.19. The van der Waals surface area contributed by atoms with Crippen LogP contribution in [0.15, 0.2) is 23.3 Å². The number of allylic oxidation sites excluding steroid dienone is 3. The summed E-state index contributed by atoms with van der Waals surface area (Å²) in [6.07, 6.45) is 11.4. The van der Waals surface area contributed by atoms with Crippen LogP contribution in [0.3, 0.4) is 0 Å². The normalized spacial score (nSPS) is 18.6. The van der Waals surface area contributed by atoms with Gasteiger partial charge in [0.2, 0.25) is 0 Å². The molecular formula is C15H27N. The van der Waals surface area contributed by atoms with Gasteiger partial charge in [0, 0.05) is 6.54 Å². The second-order valence-electron chi connectivity index (χ2n) is 5.23. The summed E-state index contributed by atoms with van der Waals surface area (Å²) in [5.74, 6) is 0. The molecule has 0 bridgehead atoms. The van der Waals surface area contributed by atoms with E-state index in [4.69, 9.17) is 0 Å². The van der Waals surface area contributed by atoms with Crippen molar-refractivity contribution in [2.75, 3.05) is 19.6 Å². The van der Waals surface area contributed by atoms with Crippen LogP contribution in [-0.4, -0.2) is 24.5 Å². The van der Waals surface area contributed by atoms with Gasteiger partial charge in [-0.15, -0.1) is 0 Å². The molecule has 0 N–H and O–H groups in total. The molecule has 0 amide bonds. The van der Waals surface area contributed by atoms with Gasteiger partial charge in [-0.3, -0.25) is 4.90 Å². The van der Waals surface area contributed by atoms with Crippen LogP contribution in [0.1, 0.15) is 52.9 Å². The van der Waals surface area contributed by atoms with Gasteiger partial charge in [0.15, 0.2) is 0 Å². The molecule has 1 fully saturated rings. The molecule has 0 spiro atoms. The molecule has 1 heteroatoms. The van der Waals surface area contributed by atoms with Gasteiger partial charge in [0.05, 0.1) is 0 Å². The van der Waals surface area contributed by atoms with Gasteiger partial charge in [-0.1, -0.05) is 29.7 Å². The fourth-order valence-corrected chi connectivity index (χ4v) is 2.12. The van der Waals surface area contributed by atoms with Crippen LogP contribution in [0, 0.1) is 0 Å². The highest BCUT2D eigenvalue weighted by molar-refractivity contribution is 5.03. The third kappa shape index (κ3) is 6.12. The first-order valence-corrected chi connectivity index (χ1v) is 6.70. The first-order valence-electron chi connectivity index (χ1n) is 6.70. The van der Waals surface area contributed by atoms with Crippen molar-refractivity contribution in [1.29, 1.82) is 0 Å². The number of rotatable bonds is 5. The van der Waals surface area contributed by atoms with E-state index in [2.05, 4.69) is 37.8 Å². The molecule has 0 atom stereocenters. The van der Waals surface area contributed by atoms with Gasteiger partial charge in [-0.05, 0) is 59.5 Å². The predicted octanol–water partition coefficient (Wildman–Crippen LogP) is 4.17. The topological polar surface area (TPSA) is 3.24 Å². The fourth-order valence-electron chi connectivity index (χ4n) is 2.12. The number of nitrogens with zero attached hydrogens (tertiary/aromatic N) is 1. The van der Waals surface area contributed by atoms with Gasteiger partial charge in [0.1, 0.15) is 0 Å². The average Bonchev–Trinajstić information content (AvgIpc) is 2.27. The van der Waals surface area contributed by atoms with Crippen molar-refractivity contribution in [2.24, 2.45) is 0 Å². The van der Waals surface area contributed by atoms with Crippen molar-refractivity contribution >= 4 is 0 Å². The second-order valence-corrected chi connectivity index (χ2v) is 5.23. The molecule has 0 unspecified atom stereocenters. The third-order valence-corrected chi connectivity index (χ3v) is 3.24. The summed E-state index contributed by atoms with van der Waals surface area (Å²) in [6, 6.07) is 0. The number of hydrogen-bond acceptors (Lipinski definition) is 1. The van der Waals surface area contributed by atoms with Crippen LogP contribution in [0.4, 0.5) is 0 Å². The third-order valence-electron chi connectivity index (χ3n) is 3.24. The lowest BCUT2D eigenvalue weighted by Gasteiger charge is -2.25. The number of piperidine rings is 1. The van der Waals surface area contributed by atoms with E-state index in [1.54, 1.807) is 5.57 Å². The molecule has 1 rings (SSSR count). The van der Waals surface area contributed by atoms with E-state index in [-0.39, 0.29) is 0 Å². The molecule has 0 aromatic heterocycles. The maximum Gasteiger partial charge on any atom is 0.0165 e. The van der Waals surface area contributed by atoms with Crippen molar-refractivity contribution in [1.82, 2.24) is 4.90 Å². The maximum atomic E-state index is 2.58. The van der Waals surface area contributed by atoms with Gasteiger partial charge < -0.3 is 0 Å². The van der Waals surface area contributed by atoms with Gasteiger partial charge >= 0.3 is 0 Å². The molecule has 1 aliphatic rings. The molecule has 1 heterocycles. The molecule has 1 aliphatic heterocycles. The van der Waals surface area contributed by atoms with E-state index in [0.717, 1.165) is 0 Å². The van der Waals surface area contributed by atoms with Crippen LogP contribution in [0.25, 0.3) is 0 Å². The van der Waals surface area contributed by atoms with E-state index in [1.807, 2.05) is 0 Å². The smallest absolute Gasteiger partial charge is 0.0165 e. The van der Waals surface area contributed by atoms with E-state index in [1.165, 1.54) is 57.3 Å². The molecule has 0 aromatic carbocycles. The molecule has 92 valence electrons. The predicted molar refractivity (Wildman–Crippen MR) is 72.7 cm³/mol. The Bertz CT molecular complexity index is 240. The summed E-state index contributed by atoms with van der Waals surface area (Å²) in [7, 11) is 0. The highest BCUT2D eigenvalue weighted by atomic mass is 15.1. The van der Waals surface area contributed by atoms with Gasteiger partial charge in [0.25, 0.3) is 0 Å². The summed E-state index contributed by atoms with van der Waals surface area (Å²) < 4.78 is 0. The number of likely N-dealkylation sites (tertiary alicyclic amines) is 1. The summed E-state index contributed by atoms with van der Waals surface area (Å²) in [4.78, 5) is 2.58. The Morgan fingerprint density at radius 2 is 1.69 bits per heavy atom. The zero-order chi connectivity index (χ0) is 11.8. The molecular weight excluding hydrogens is 194 g/mol. The first kappa shape index (κ1) is 13.5. The van der Waals surface area contributed by atoms with Crippen molar-refractivity contribution in [2.45, 2.75) is 52.9 Å². The highest BCUT2D eigenvalue weighted by Crippen LogP contribution is 2.10. The van der Waals surface area contributed by atoms with Crippen molar-refractivity contribution in [3.8, 4) is 0 Å². The lowest BCUT2D eigenvalue weighted by atomic mass is 10.1. The highest BCUT2D eigenvalue weighted by Gasteiger charge is 2.07. The first-order chi connectivity index (χ1) is 7.68.